The van der Waals surface area contributed by atoms with Crippen LogP contribution >= 0.6 is 0 Å². The molecular weight excluding hydrogens is 268 g/mol. The molecule has 0 spiro atoms. The Balaban J connectivity index is 2.41. The van der Waals surface area contributed by atoms with E-state index in [-0.39, 0.29) is 0 Å². The van der Waals surface area contributed by atoms with Crippen LogP contribution in [-0.2, 0) is 18.9 Å². The first-order valence-corrected chi connectivity index (χ1v) is 7.86. The van der Waals surface area contributed by atoms with Gasteiger partial charge in [-0.25, -0.2) is 0 Å². The summed E-state index contributed by atoms with van der Waals surface area (Å²) in [7, 11) is -2.54. The Hall–Kier alpha value is -1.94. The van der Waals surface area contributed by atoms with E-state index in [1.165, 1.54) is 0 Å². The molecule has 0 saturated carbocycles. The summed E-state index contributed by atoms with van der Waals surface area (Å²) in [5.41, 5.74) is 1.11. The van der Waals surface area contributed by atoms with Gasteiger partial charge in [0.05, 0.1) is 6.61 Å². The van der Waals surface area contributed by atoms with E-state index < -0.39 is 14.8 Å². The van der Waals surface area contributed by atoms with Gasteiger partial charge in [-0.2, -0.15) is 0 Å². The van der Waals surface area contributed by atoms with Gasteiger partial charge in [0, 0.05) is 0 Å². The Kier molecular flexibility index (Phi) is 4.68. The van der Waals surface area contributed by atoms with Gasteiger partial charge < -0.3 is 8.85 Å². The van der Waals surface area contributed by atoms with Gasteiger partial charge in [-0.3, -0.25) is 4.46 Å². The van der Waals surface area contributed by atoms with Crippen LogP contribution in [0.15, 0.2) is 60.7 Å². The Morgan fingerprint density at radius 1 is 0.950 bits per heavy atom. The summed E-state index contributed by atoms with van der Waals surface area (Å²) in [6.45, 7) is 4.09. The van der Waals surface area contributed by atoms with Crippen molar-refractivity contribution < 1.29 is 13.3 Å². The second-order valence-electron chi connectivity index (χ2n) is 4.55. The maximum atomic E-state index is 11.9. The van der Waals surface area contributed by atoms with Crippen LogP contribution in [0.2, 0.25) is 0 Å². The smallest absolute Gasteiger partial charge is 0.496 e. The van der Waals surface area contributed by atoms with Gasteiger partial charge in [0.15, 0.2) is 0 Å². The van der Waals surface area contributed by atoms with Crippen LogP contribution in [0.1, 0.15) is 25.0 Å². The molecule has 0 aromatic heterocycles. The highest BCUT2D eigenvalue weighted by atomic mass is 28.3. The zero-order valence-electron chi connectivity index (χ0n) is 11.7. The van der Waals surface area contributed by atoms with Crippen molar-refractivity contribution in [1.82, 2.24) is 0 Å². The molecule has 0 unspecified atom stereocenters. The maximum absolute atomic E-state index is 11.9. The SMILES string of the molecule is CCO[Si](=O)OC(C)(c1ccccc1)c1ccccc1. The van der Waals surface area contributed by atoms with Crippen molar-refractivity contribution in [2.75, 3.05) is 6.61 Å². The molecular formula is C16H18O3Si. The van der Waals surface area contributed by atoms with Gasteiger partial charge in [0.25, 0.3) is 0 Å². The molecule has 0 saturated heterocycles. The Morgan fingerprint density at radius 3 is 1.80 bits per heavy atom. The number of hydrogen-bond donors (Lipinski definition) is 0. The summed E-state index contributed by atoms with van der Waals surface area (Å²) in [6.07, 6.45) is 0. The molecule has 4 heteroatoms. The molecule has 0 heterocycles. The lowest BCUT2D eigenvalue weighted by atomic mass is 9.88. The zero-order chi connectivity index (χ0) is 14.4. The molecule has 0 radical (unpaired) electrons. The fourth-order valence-corrected chi connectivity index (χ4v) is 2.97. The summed E-state index contributed by atoms with van der Waals surface area (Å²) < 4.78 is 22.8. The highest BCUT2D eigenvalue weighted by Crippen LogP contribution is 2.33. The fourth-order valence-electron chi connectivity index (χ4n) is 2.11. The molecule has 0 fully saturated rings. The Bertz CT molecular complexity index is 515. The predicted molar refractivity (Wildman–Crippen MR) is 78.5 cm³/mol. The van der Waals surface area contributed by atoms with E-state index in [4.69, 9.17) is 8.85 Å². The van der Waals surface area contributed by atoms with Crippen molar-refractivity contribution in [3.8, 4) is 0 Å². The molecule has 2 aromatic rings. The van der Waals surface area contributed by atoms with Crippen molar-refractivity contribution in [3.05, 3.63) is 71.8 Å². The van der Waals surface area contributed by atoms with Crippen molar-refractivity contribution in [3.63, 3.8) is 0 Å². The van der Waals surface area contributed by atoms with Gasteiger partial charge in [0.2, 0.25) is 0 Å². The lowest BCUT2D eigenvalue weighted by Gasteiger charge is -2.30. The number of rotatable bonds is 6. The average molecular weight is 286 g/mol. The second kappa shape index (κ2) is 6.48. The third kappa shape index (κ3) is 3.14. The minimum Gasteiger partial charge on any atom is -0.496 e. The van der Waals surface area contributed by atoms with Crippen LogP contribution in [0.3, 0.4) is 0 Å². The fraction of sp³-hybridized carbons (Fsp3) is 0.250. The van der Waals surface area contributed by atoms with Crippen LogP contribution < -0.4 is 0 Å². The molecule has 0 amide bonds. The van der Waals surface area contributed by atoms with Gasteiger partial charge in [-0.15, -0.1) is 0 Å². The highest BCUT2D eigenvalue weighted by molar-refractivity contribution is 6.26. The standard InChI is InChI=1S/C16H18O3Si/c1-3-18-20(17)19-16(2,14-10-6-4-7-11-14)15-12-8-5-9-13-15/h4-13H,3H2,1-2H3. The lowest BCUT2D eigenvalue weighted by Crippen LogP contribution is -2.32. The van der Waals surface area contributed by atoms with Gasteiger partial charge >= 0.3 is 9.17 Å². The van der Waals surface area contributed by atoms with E-state index in [0.29, 0.717) is 6.61 Å². The summed E-state index contributed by atoms with van der Waals surface area (Å²) in [5.74, 6) is 0. The molecule has 0 aliphatic heterocycles. The molecule has 0 aliphatic carbocycles. The topological polar surface area (TPSA) is 35.5 Å². The van der Waals surface area contributed by atoms with E-state index in [2.05, 4.69) is 0 Å². The third-order valence-electron chi connectivity index (χ3n) is 3.20. The molecule has 0 N–H and O–H groups in total. The van der Waals surface area contributed by atoms with E-state index >= 15 is 0 Å². The number of benzene rings is 2. The predicted octanol–water partition coefficient (Wildman–Crippen LogP) is 3.42. The van der Waals surface area contributed by atoms with Gasteiger partial charge in [-0.05, 0) is 25.0 Å². The number of hydrogen-bond acceptors (Lipinski definition) is 3. The molecule has 0 atom stereocenters. The highest BCUT2D eigenvalue weighted by Gasteiger charge is 2.34. The largest absolute Gasteiger partial charge is 0.768 e. The molecule has 2 rings (SSSR count). The molecule has 20 heavy (non-hydrogen) atoms. The molecule has 0 aliphatic rings. The average Bonchev–Trinajstić information content (AvgIpc) is 2.49. The normalized spacial score (nSPS) is 10.9. The quantitative estimate of drug-likeness (QED) is 0.763. The second-order valence-corrected chi connectivity index (χ2v) is 5.54. The van der Waals surface area contributed by atoms with E-state index in [9.17, 15) is 4.46 Å². The summed E-state index contributed by atoms with van der Waals surface area (Å²) in [5, 5.41) is 0. The monoisotopic (exact) mass is 286 g/mol. The van der Waals surface area contributed by atoms with Crippen LogP contribution in [0.5, 0.6) is 0 Å². The molecule has 3 nitrogen and oxygen atoms in total. The molecule has 0 bridgehead atoms. The van der Waals surface area contributed by atoms with Crippen molar-refractivity contribution in [1.29, 1.82) is 0 Å². The van der Waals surface area contributed by atoms with Gasteiger partial charge in [-0.1, -0.05) is 60.7 Å². The van der Waals surface area contributed by atoms with Crippen LogP contribution in [-0.4, -0.2) is 15.8 Å². The first-order chi connectivity index (χ1) is 9.66. The summed E-state index contributed by atoms with van der Waals surface area (Å²) >= 11 is 0. The summed E-state index contributed by atoms with van der Waals surface area (Å²) in [6, 6.07) is 19.5. The third-order valence-corrected chi connectivity index (χ3v) is 4.30. The van der Waals surface area contributed by atoms with Crippen LogP contribution in [0.25, 0.3) is 0 Å². The van der Waals surface area contributed by atoms with Crippen LogP contribution in [0.4, 0.5) is 0 Å². The van der Waals surface area contributed by atoms with E-state index in [1.807, 2.05) is 67.6 Å². The lowest BCUT2D eigenvalue weighted by molar-refractivity contribution is 0.0698. The zero-order valence-corrected chi connectivity index (χ0v) is 12.7. The van der Waals surface area contributed by atoms with Crippen molar-refractivity contribution >= 4 is 9.17 Å². The minimum atomic E-state index is -2.54. The van der Waals surface area contributed by atoms with E-state index in [1.54, 1.807) is 6.92 Å². The Labute approximate surface area is 121 Å². The first-order valence-electron chi connectivity index (χ1n) is 6.63. The Morgan fingerprint density at radius 2 is 1.40 bits per heavy atom. The van der Waals surface area contributed by atoms with Crippen molar-refractivity contribution in [2.45, 2.75) is 19.4 Å². The minimum absolute atomic E-state index is 0.372. The van der Waals surface area contributed by atoms with Crippen LogP contribution in [0, 0.1) is 0 Å². The molecule has 2 aromatic carbocycles. The van der Waals surface area contributed by atoms with E-state index in [0.717, 1.165) is 11.1 Å². The maximum Gasteiger partial charge on any atom is 0.768 e. The molecule has 104 valence electrons. The summed E-state index contributed by atoms with van der Waals surface area (Å²) in [4.78, 5) is 0. The van der Waals surface area contributed by atoms with Crippen molar-refractivity contribution in [2.24, 2.45) is 0 Å². The first kappa shape index (κ1) is 14.5. The van der Waals surface area contributed by atoms with Gasteiger partial charge in [0.1, 0.15) is 5.60 Å².